The summed E-state index contributed by atoms with van der Waals surface area (Å²) in [6.07, 6.45) is 1.84. The van der Waals surface area contributed by atoms with Crippen LogP contribution in [0.4, 0.5) is 0 Å². The van der Waals surface area contributed by atoms with Crippen molar-refractivity contribution in [3.05, 3.63) is 39.8 Å². The number of guanidine groups is 1. The summed E-state index contributed by atoms with van der Waals surface area (Å²) in [6.45, 7) is 11.6. The number of benzene rings is 1. The Hall–Kier alpha value is -1.55. The number of hydrogen-bond acceptors (Lipinski definition) is 5. The Morgan fingerprint density at radius 2 is 1.83 bits per heavy atom. The first-order chi connectivity index (χ1) is 13.7. The average Bonchev–Trinajstić information content (AvgIpc) is 3.16. The number of thiazole rings is 1. The number of nitrogens with zero attached hydrogens (tertiary/aromatic N) is 2. The molecule has 0 amide bonds. The van der Waals surface area contributed by atoms with Crippen LogP contribution in [0.15, 0.2) is 28.6 Å². The van der Waals surface area contributed by atoms with Gasteiger partial charge >= 0.3 is 0 Å². The number of aliphatic imine (C=N–C) groups is 1. The van der Waals surface area contributed by atoms with E-state index in [1.54, 1.807) is 11.3 Å². The Morgan fingerprint density at radius 3 is 2.48 bits per heavy atom. The van der Waals surface area contributed by atoms with Crippen LogP contribution in [-0.2, 0) is 19.4 Å². The Kier molecular flexibility index (Phi) is 12.7. The van der Waals surface area contributed by atoms with Crippen LogP contribution in [0.1, 0.15) is 44.0 Å². The zero-order valence-corrected chi connectivity index (χ0v) is 20.9. The number of aromatic nitrogens is 1. The normalized spacial score (nSPS) is 11.0. The van der Waals surface area contributed by atoms with E-state index < -0.39 is 0 Å². The Morgan fingerprint density at radius 1 is 1.07 bits per heavy atom. The van der Waals surface area contributed by atoms with Gasteiger partial charge in [0.05, 0.1) is 30.5 Å². The first-order valence-electron chi connectivity index (χ1n) is 10.0. The first-order valence-corrected chi connectivity index (χ1v) is 10.9. The molecule has 0 fully saturated rings. The largest absolute Gasteiger partial charge is 0.490 e. The van der Waals surface area contributed by atoms with E-state index in [0.717, 1.165) is 54.1 Å². The van der Waals surface area contributed by atoms with E-state index in [1.165, 1.54) is 5.56 Å². The minimum absolute atomic E-state index is 0. The third kappa shape index (κ3) is 8.77. The van der Waals surface area contributed by atoms with Crippen molar-refractivity contribution >= 4 is 41.3 Å². The summed E-state index contributed by atoms with van der Waals surface area (Å²) in [5, 5.41) is 9.92. The lowest BCUT2D eigenvalue weighted by atomic mass is 10.1. The molecule has 0 atom stereocenters. The fourth-order valence-electron chi connectivity index (χ4n) is 2.66. The second-order valence-electron chi connectivity index (χ2n) is 6.11. The van der Waals surface area contributed by atoms with Crippen molar-refractivity contribution in [1.29, 1.82) is 0 Å². The Bertz CT molecular complexity index is 752. The lowest BCUT2D eigenvalue weighted by Crippen LogP contribution is -2.38. The fourth-order valence-corrected chi connectivity index (χ4v) is 3.40. The molecule has 0 saturated carbocycles. The van der Waals surface area contributed by atoms with Crippen LogP contribution in [0.2, 0.25) is 0 Å². The van der Waals surface area contributed by atoms with E-state index in [0.29, 0.717) is 19.8 Å². The summed E-state index contributed by atoms with van der Waals surface area (Å²) in [5.41, 5.74) is 2.22. The SMILES string of the molecule is CCNC(=NCc1csc(CC)n1)NCCc1ccc(OCC)c(OCC)c1.I. The third-order valence-corrected chi connectivity index (χ3v) is 5.00. The minimum Gasteiger partial charge on any atom is -0.490 e. The third-order valence-electron chi connectivity index (χ3n) is 3.96. The molecule has 0 saturated heterocycles. The highest BCUT2D eigenvalue weighted by atomic mass is 127. The van der Waals surface area contributed by atoms with Crippen LogP contribution in [-0.4, -0.2) is 37.2 Å². The number of aryl methyl sites for hydroxylation is 1. The minimum atomic E-state index is 0. The highest BCUT2D eigenvalue weighted by molar-refractivity contribution is 14.0. The molecule has 2 aromatic rings. The summed E-state index contributed by atoms with van der Waals surface area (Å²) in [7, 11) is 0. The van der Waals surface area contributed by atoms with Gasteiger partial charge in [0.25, 0.3) is 0 Å². The zero-order valence-electron chi connectivity index (χ0n) is 17.8. The first kappa shape index (κ1) is 25.5. The van der Waals surface area contributed by atoms with Gasteiger partial charge in [0.15, 0.2) is 17.5 Å². The summed E-state index contributed by atoms with van der Waals surface area (Å²) < 4.78 is 11.3. The molecule has 1 aromatic heterocycles. The molecule has 0 aliphatic rings. The molecule has 0 unspecified atom stereocenters. The molecule has 1 heterocycles. The maximum Gasteiger partial charge on any atom is 0.191 e. The van der Waals surface area contributed by atoms with Gasteiger partial charge in [0, 0.05) is 18.5 Å². The van der Waals surface area contributed by atoms with Gasteiger partial charge < -0.3 is 20.1 Å². The highest BCUT2D eigenvalue weighted by Crippen LogP contribution is 2.28. The second kappa shape index (κ2) is 14.4. The van der Waals surface area contributed by atoms with Gasteiger partial charge in [-0.2, -0.15) is 0 Å². The Balaban J connectivity index is 0.00000420. The standard InChI is InChI=1S/C21H32N4O2S.HI/c1-5-20-25-17(15-28-20)14-24-21(22-6-2)23-12-11-16-9-10-18(26-7-3)19(13-16)27-8-4;/h9-10,13,15H,5-8,11-12,14H2,1-4H3,(H2,22,23,24);1H. The maximum atomic E-state index is 5.71. The monoisotopic (exact) mass is 532 g/mol. The van der Waals surface area contributed by atoms with E-state index in [1.807, 2.05) is 19.9 Å². The quantitative estimate of drug-likeness (QED) is 0.255. The van der Waals surface area contributed by atoms with E-state index in [9.17, 15) is 0 Å². The van der Waals surface area contributed by atoms with E-state index in [4.69, 9.17) is 9.47 Å². The molecule has 2 rings (SSSR count). The number of ether oxygens (including phenoxy) is 2. The number of rotatable bonds is 11. The zero-order chi connectivity index (χ0) is 20.2. The molecule has 6 nitrogen and oxygen atoms in total. The Labute approximate surface area is 195 Å². The second-order valence-corrected chi connectivity index (χ2v) is 7.05. The molecule has 8 heteroatoms. The van der Waals surface area contributed by atoms with Crippen LogP contribution >= 0.6 is 35.3 Å². The van der Waals surface area contributed by atoms with E-state index >= 15 is 0 Å². The van der Waals surface area contributed by atoms with Gasteiger partial charge in [-0.15, -0.1) is 35.3 Å². The molecule has 162 valence electrons. The van der Waals surface area contributed by atoms with E-state index in [2.05, 4.69) is 52.0 Å². The average molecular weight is 532 g/mol. The topological polar surface area (TPSA) is 67.8 Å². The lowest BCUT2D eigenvalue weighted by Gasteiger charge is -2.14. The van der Waals surface area contributed by atoms with Crippen molar-refractivity contribution in [3.8, 4) is 11.5 Å². The number of hydrogen-bond donors (Lipinski definition) is 2. The molecule has 29 heavy (non-hydrogen) atoms. The molecule has 0 spiro atoms. The molecular weight excluding hydrogens is 499 g/mol. The van der Waals surface area contributed by atoms with Gasteiger partial charge in [0.1, 0.15) is 0 Å². The molecule has 1 aromatic carbocycles. The van der Waals surface area contributed by atoms with Crippen molar-refractivity contribution in [2.45, 2.75) is 47.1 Å². The van der Waals surface area contributed by atoms with Crippen molar-refractivity contribution in [3.63, 3.8) is 0 Å². The number of halogens is 1. The molecular formula is C21H33IN4O2S. The van der Waals surface area contributed by atoms with Crippen molar-refractivity contribution in [2.75, 3.05) is 26.3 Å². The van der Waals surface area contributed by atoms with Crippen molar-refractivity contribution in [2.24, 2.45) is 4.99 Å². The van der Waals surface area contributed by atoms with Crippen LogP contribution in [0.5, 0.6) is 11.5 Å². The predicted molar refractivity (Wildman–Crippen MR) is 132 cm³/mol. The van der Waals surface area contributed by atoms with Crippen LogP contribution in [0, 0.1) is 0 Å². The van der Waals surface area contributed by atoms with Gasteiger partial charge in [-0.05, 0) is 51.3 Å². The van der Waals surface area contributed by atoms with E-state index in [-0.39, 0.29) is 24.0 Å². The maximum absolute atomic E-state index is 5.71. The molecule has 0 bridgehead atoms. The van der Waals surface area contributed by atoms with Gasteiger partial charge in [-0.25, -0.2) is 9.98 Å². The summed E-state index contributed by atoms with van der Waals surface area (Å²) in [5.74, 6) is 2.41. The highest BCUT2D eigenvalue weighted by Gasteiger charge is 2.07. The summed E-state index contributed by atoms with van der Waals surface area (Å²) >= 11 is 1.70. The van der Waals surface area contributed by atoms with Crippen LogP contribution < -0.4 is 20.1 Å². The molecule has 0 aliphatic carbocycles. The summed E-state index contributed by atoms with van der Waals surface area (Å²) in [4.78, 5) is 9.21. The van der Waals surface area contributed by atoms with Gasteiger partial charge in [-0.3, -0.25) is 0 Å². The van der Waals surface area contributed by atoms with Crippen LogP contribution in [0.3, 0.4) is 0 Å². The van der Waals surface area contributed by atoms with Gasteiger partial charge in [0.2, 0.25) is 0 Å². The predicted octanol–water partition coefficient (Wildman–Crippen LogP) is 4.42. The van der Waals surface area contributed by atoms with Gasteiger partial charge in [-0.1, -0.05) is 13.0 Å². The van der Waals surface area contributed by atoms with Crippen molar-refractivity contribution in [1.82, 2.24) is 15.6 Å². The van der Waals surface area contributed by atoms with Crippen molar-refractivity contribution < 1.29 is 9.47 Å². The molecule has 0 aliphatic heterocycles. The molecule has 0 radical (unpaired) electrons. The summed E-state index contributed by atoms with van der Waals surface area (Å²) in [6, 6.07) is 6.12. The van der Waals surface area contributed by atoms with Crippen LogP contribution in [0.25, 0.3) is 0 Å². The molecule has 2 N–H and O–H groups in total. The number of nitrogens with one attached hydrogen (secondary N) is 2. The fraction of sp³-hybridized carbons (Fsp3) is 0.524. The lowest BCUT2D eigenvalue weighted by molar-refractivity contribution is 0.287. The smallest absolute Gasteiger partial charge is 0.191 e.